The monoisotopic (exact) mass is 344 g/mol. The highest BCUT2D eigenvalue weighted by Gasteiger charge is 2.16. The van der Waals surface area contributed by atoms with Crippen molar-refractivity contribution in [3.8, 4) is 11.4 Å². The molecule has 1 aliphatic rings. The van der Waals surface area contributed by atoms with Crippen LogP contribution in [0.4, 0.5) is 11.4 Å². The average Bonchev–Trinajstić information content (AvgIpc) is 2.69. The number of fused-ring (bicyclic) bond motifs is 1. The van der Waals surface area contributed by atoms with Crippen LogP contribution in [-0.2, 0) is 11.2 Å². The molecular weight excluding hydrogens is 328 g/mol. The van der Waals surface area contributed by atoms with Crippen molar-refractivity contribution in [3.63, 3.8) is 0 Å². The van der Waals surface area contributed by atoms with Crippen LogP contribution in [0.1, 0.15) is 22.3 Å². The minimum absolute atomic E-state index is 0.0185. The average molecular weight is 344 g/mol. The molecule has 2 N–H and O–H groups in total. The zero-order chi connectivity index (χ0) is 17.9. The van der Waals surface area contributed by atoms with Gasteiger partial charge in [0.25, 0.3) is 5.91 Å². The van der Waals surface area contributed by atoms with Crippen LogP contribution in [0.25, 0.3) is 11.4 Å². The highest BCUT2D eigenvalue weighted by atomic mass is 16.2. The second-order valence-electron chi connectivity index (χ2n) is 6.04. The Labute approximate surface area is 150 Å². The van der Waals surface area contributed by atoms with E-state index in [2.05, 4.69) is 20.6 Å². The molecule has 0 saturated heterocycles. The SMILES string of the molecule is O=C1CCc2cc(NC(=O)c3cnc(-c4ccccc4)nc3)ccc2N1. The van der Waals surface area contributed by atoms with Crippen LogP contribution in [0.3, 0.4) is 0 Å². The molecule has 0 aliphatic carbocycles. The Morgan fingerprint density at radius 3 is 2.54 bits per heavy atom. The summed E-state index contributed by atoms with van der Waals surface area (Å²) in [7, 11) is 0. The Morgan fingerprint density at radius 1 is 1.00 bits per heavy atom. The predicted molar refractivity (Wildman–Crippen MR) is 98.8 cm³/mol. The Bertz CT molecular complexity index is 969. The lowest BCUT2D eigenvalue weighted by atomic mass is 10.0. The molecule has 0 radical (unpaired) electrons. The van der Waals surface area contributed by atoms with Gasteiger partial charge >= 0.3 is 0 Å². The van der Waals surface area contributed by atoms with Crippen LogP contribution >= 0.6 is 0 Å². The maximum absolute atomic E-state index is 12.4. The van der Waals surface area contributed by atoms with E-state index < -0.39 is 0 Å². The summed E-state index contributed by atoms with van der Waals surface area (Å²) in [6, 6.07) is 15.0. The van der Waals surface area contributed by atoms with Crippen molar-refractivity contribution in [1.29, 1.82) is 0 Å². The lowest BCUT2D eigenvalue weighted by molar-refractivity contribution is -0.116. The summed E-state index contributed by atoms with van der Waals surface area (Å²) in [5.74, 6) is 0.320. The number of aromatic nitrogens is 2. The fourth-order valence-corrected chi connectivity index (χ4v) is 2.85. The number of anilines is 2. The Hall–Kier alpha value is -3.54. The molecule has 0 unspecified atom stereocenters. The Balaban J connectivity index is 1.49. The van der Waals surface area contributed by atoms with Gasteiger partial charge in [0, 0.05) is 35.8 Å². The van der Waals surface area contributed by atoms with E-state index in [0.29, 0.717) is 29.9 Å². The van der Waals surface area contributed by atoms with Crippen molar-refractivity contribution in [3.05, 3.63) is 72.1 Å². The molecule has 2 aromatic carbocycles. The minimum atomic E-state index is -0.274. The third kappa shape index (κ3) is 3.30. The highest BCUT2D eigenvalue weighted by molar-refractivity contribution is 6.04. The maximum atomic E-state index is 12.4. The Kier molecular flexibility index (Phi) is 4.15. The summed E-state index contributed by atoms with van der Waals surface area (Å²) >= 11 is 0. The largest absolute Gasteiger partial charge is 0.326 e. The van der Waals surface area contributed by atoms with Gasteiger partial charge in [0.2, 0.25) is 5.91 Å². The molecule has 0 bridgehead atoms. The van der Waals surface area contributed by atoms with Crippen molar-refractivity contribution in [2.45, 2.75) is 12.8 Å². The molecule has 0 atom stereocenters. The summed E-state index contributed by atoms with van der Waals surface area (Å²) in [6.07, 6.45) is 4.16. The fourth-order valence-electron chi connectivity index (χ4n) is 2.85. The zero-order valence-corrected chi connectivity index (χ0v) is 13.9. The van der Waals surface area contributed by atoms with Gasteiger partial charge in [0.1, 0.15) is 0 Å². The number of carbonyl (C=O) groups excluding carboxylic acids is 2. The number of carbonyl (C=O) groups is 2. The van der Waals surface area contributed by atoms with Crippen molar-refractivity contribution >= 4 is 23.2 Å². The summed E-state index contributed by atoms with van der Waals surface area (Å²) in [5.41, 5.74) is 3.77. The van der Waals surface area contributed by atoms with E-state index in [0.717, 1.165) is 16.8 Å². The third-order valence-electron chi connectivity index (χ3n) is 4.20. The lowest BCUT2D eigenvalue weighted by Gasteiger charge is -2.17. The van der Waals surface area contributed by atoms with Crippen LogP contribution in [0.5, 0.6) is 0 Å². The first-order chi connectivity index (χ1) is 12.7. The van der Waals surface area contributed by atoms with E-state index in [1.165, 1.54) is 12.4 Å². The molecule has 0 saturated carbocycles. The van der Waals surface area contributed by atoms with E-state index in [4.69, 9.17) is 0 Å². The van der Waals surface area contributed by atoms with Gasteiger partial charge in [0.05, 0.1) is 5.56 Å². The quantitative estimate of drug-likeness (QED) is 0.764. The molecule has 128 valence electrons. The molecule has 0 spiro atoms. The zero-order valence-electron chi connectivity index (χ0n) is 13.9. The van der Waals surface area contributed by atoms with Crippen LogP contribution in [-0.4, -0.2) is 21.8 Å². The lowest BCUT2D eigenvalue weighted by Crippen LogP contribution is -2.19. The van der Waals surface area contributed by atoms with Gasteiger partial charge in [0.15, 0.2) is 5.82 Å². The first kappa shape index (κ1) is 16.0. The van der Waals surface area contributed by atoms with Gasteiger partial charge in [-0.1, -0.05) is 30.3 Å². The minimum Gasteiger partial charge on any atom is -0.326 e. The first-order valence-electron chi connectivity index (χ1n) is 8.31. The van der Waals surface area contributed by atoms with E-state index >= 15 is 0 Å². The standard InChI is InChI=1S/C20H16N4O2/c25-18-9-6-14-10-16(7-8-17(14)24-18)23-20(26)15-11-21-19(22-12-15)13-4-2-1-3-5-13/h1-5,7-8,10-12H,6,9H2,(H,23,26)(H,24,25). The maximum Gasteiger partial charge on any atom is 0.258 e. The molecule has 4 rings (SSSR count). The molecule has 1 aromatic heterocycles. The first-order valence-corrected chi connectivity index (χ1v) is 8.31. The number of aryl methyl sites for hydroxylation is 1. The summed E-state index contributed by atoms with van der Waals surface area (Å²) in [5, 5.41) is 5.67. The number of nitrogens with one attached hydrogen (secondary N) is 2. The van der Waals surface area contributed by atoms with E-state index in [1.807, 2.05) is 36.4 Å². The van der Waals surface area contributed by atoms with Gasteiger partial charge in [-0.3, -0.25) is 9.59 Å². The van der Waals surface area contributed by atoms with Crippen molar-refractivity contribution < 1.29 is 9.59 Å². The van der Waals surface area contributed by atoms with Gasteiger partial charge in [-0.05, 0) is 30.2 Å². The molecular formula is C20H16N4O2. The third-order valence-corrected chi connectivity index (χ3v) is 4.20. The predicted octanol–water partition coefficient (Wildman–Crippen LogP) is 3.28. The smallest absolute Gasteiger partial charge is 0.258 e. The Morgan fingerprint density at radius 2 is 1.77 bits per heavy atom. The molecule has 26 heavy (non-hydrogen) atoms. The van der Waals surface area contributed by atoms with E-state index in [1.54, 1.807) is 12.1 Å². The second-order valence-corrected chi connectivity index (χ2v) is 6.04. The fraction of sp³-hybridized carbons (Fsp3) is 0.100. The van der Waals surface area contributed by atoms with Crippen LogP contribution in [0, 0.1) is 0 Å². The van der Waals surface area contributed by atoms with Gasteiger partial charge < -0.3 is 10.6 Å². The number of hydrogen-bond donors (Lipinski definition) is 2. The molecule has 2 amide bonds. The number of nitrogens with zero attached hydrogens (tertiary/aromatic N) is 2. The molecule has 6 nitrogen and oxygen atoms in total. The number of amides is 2. The van der Waals surface area contributed by atoms with Gasteiger partial charge in [-0.2, -0.15) is 0 Å². The summed E-state index contributed by atoms with van der Waals surface area (Å²) in [4.78, 5) is 32.4. The molecule has 2 heterocycles. The topological polar surface area (TPSA) is 84.0 Å². The van der Waals surface area contributed by atoms with Gasteiger partial charge in [-0.25, -0.2) is 9.97 Å². The number of rotatable bonds is 3. The molecule has 6 heteroatoms. The van der Waals surface area contributed by atoms with Crippen molar-refractivity contribution in [1.82, 2.24) is 9.97 Å². The van der Waals surface area contributed by atoms with Crippen LogP contribution in [0.2, 0.25) is 0 Å². The number of hydrogen-bond acceptors (Lipinski definition) is 4. The van der Waals surface area contributed by atoms with Crippen LogP contribution in [0.15, 0.2) is 60.9 Å². The molecule has 0 fully saturated rings. The van der Waals surface area contributed by atoms with E-state index in [-0.39, 0.29) is 11.8 Å². The van der Waals surface area contributed by atoms with Gasteiger partial charge in [-0.15, -0.1) is 0 Å². The van der Waals surface area contributed by atoms with Crippen molar-refractivity contribution in [2.75, 3.05) is 10.6 Å². The second kappa shape index (κ2) is 6.76. The molecule has 3 aromatic rings. The summed E-state index contributed by atoms with van der Waals surface area (Å²) in [6.45, 7) is 0. The van der Waals surface area contributed by atoms with Crippen molar-refractivity contribution in [2.24, 2.45) is 0 Å². The number of benzene rings is 2. The summed E-state index contributed by atoms with van der Waals surface area (Å²) < 4.78 is 0. The highest BCUT2D eigenvalue weighted by Crippen LogP contribution is 2.26. The molecule has 1 aliphatic heterocycles. The van der Waals surface area contributed by atoms with Crippen LogP contribution < -0.4 is 10.6 Å². The van der Waals surface area contributed by atoms with E-state index in [9.17, 15) is 9.59 Å². The normalized spacial score (nSPS) is 12.8.